The van der Waals surface area contributed by atoms with Gasteiger partial charge in [0, 0.05) is 12.6 Å². The van der Waals surface area contributed by atoms with Gasteiger partial charge >= 0.3 is 6.36 Å². The molecule has 2 rings (SSSR count). The number of sulfonamides is 2. The van der Waals surface area contributed by atoms with E-state index in [1.54, 1.807) is 0 Å². The van der Waals surface area contributed by atoms with Gasteiger partial charge in [-0.2, -0.15) is 4.31 Å². The molecule has 0 amide bonds. The highest BCUT2D eigenvalue weighted by Crippen LogP contribution is 2.26. The lowest BCUT2D eigenvalue weighted by Crippen LogP contribution is -2.41. The molecule has 0 bridgehead atoms. The molecule has 142 valence electrons. The lowest BCUT2D eigenvalue weighted by atomic mass is 10.2. The smallest absolute Gasteiger partial charge is 0.406 e. The average molecular weight is 402 g/mol. The van der Waals surface area contributed by atoms with E-state index in [9.17, 15) is 30.0 Å². The minimum absolute atomic E-state index is 0.178. The van der Waals surface area contributed by atoms with Gasteiger partial charge in [0.25, 0.3) is 0 Å². The van der Waals surface area contributed by atoms with E-state index in [4.69, 9.17) is 5.14 Å². The summed E-state index contributed by atoms with van der Waals surface area (Å²) in [6.07, 6.45) is -3.93. The molecule has 0 unspecified atom stereocenters. The van der Waals surface area contributed by atoms with Gasteiger partial charge in [0.2, 0.25) is 20.0 Å². The Hall–Kier alpha value is -1.37. The Bertz CT molecular complexity index is 807. The predicted octanol–water partition coefficient (Wildman–Crippen LogP) is 1.17. The molecule has 0 aliphatic carbocycles. The fourth-order valence-corrected chi connectivity index (χ4v) is 5.49. The van der Waals surface area contributed by atoms with E-state index in [1.807, 2.05) is 0 Å². The zero-order chi connectivity index (χ0) is 18.9. The molecule has 1 aromatic rings. The SMILES string of the molecule is NS(=O)(=O)C[C@H]1CCCN1S(=O)(=O)Cc1ccc(OC(F)(F)F)cc1. The van der Waals surface area contributed by atoms with E-state index in [-0.39, 0.29) is 12.1 Å². The molecule has 1 fully saturated rings. The zero-order valence-electron chi connectivity index (χ0n) is 12.9. The summed E-state index contributed by atoms with van der Waals surface area (Å²) in [4.78, 5) is 0. The zero-order valence-corrected chi connectivity index (χ0v) is 14.6. The Balaban J connectivity index is 2.10. The minimum Gasteiger partial charge on any atom is -0.406 e. The van der Waals surface area contributed by atoms with Crippen LogP contribution < -0.4 is 9.88 Å². The number of primary sulfonamides is 1. The number of alkyl halides is 3. The van der Waals surface area contributed by atoms with Crippen molar-refractivity contribution in [2.45, 2.75) is 31.0 Å². The van der Waals surface area contributed by atoms with Crippen LogP contribution in [0.3, 0.4) is 0 Å². The molecule has 0 aromatic heterocycles. The van der Waals surface area contributed by atoms with E-state index < -0.39 is 49.7 Å². The molecule has 25 heavy (non-hydrogen) atoms. The van der Waals surface area contributed by atoms with Crippen LogP contribution >= 0.6 is 0 Å². The van der Waals surface area contributed by atoms with Crippen LogP contribution in [-0.2, 0) is 25.8 Å². The van der Waals surface area contributed by atoms with E-state index in [0.717, 1.165) is 16.4 Å². The molecule has 0 saturated carbocycles. The van der Waals surface area contributed by atoms with Gasteiger partial charge in [-0.05, 0) is 30.5 Å². The predicted molar refractivity (Wildman–Crippen MR) is 83.5 cm³/mol. The summed E-state index contributed by atoms with van der Waals surface area (Å²) in [5.74, 6) is -1.38. The van der Waals surface area contributed by atoms with Crippen molar-refractivity contribution in [1.82, 2.24) is 4.31 Å². The molecule has 1 aromatic carbocycles. The van der Waals surface area contributed by atoms with Gasteiger partial charge in [0.1, 0.15) is 5.75 Å². The first-order valence-electron chi connectivity index (χ1n) is 7.20. The number of nitrogens with two attached hydrogens (primary N) is 1. The Kier molecular flexibility index (Phi) is 5.66. The quantitative estimate of drug-likeness (QED) is 0.769. The van der Waals surface area contributed by atoms with Crippen molar-refractivity contribution in [3.8, 4) is 5.75 Å². The molecule has 7 nitrogen and oxygen atoms in total. The highest BCUT2D eigenvalue weighted by Gasteiger charge is 2.36. The largest absolute Gasteiger partial charge is 0.573 e. The number of hydrogen-bond donors (Lipinski definition) is 1. The van der Waals surface area contributed by atoms with Crippen LogP contribution in [0.15, 0.2) is 24.3 Å². The van der Waals surface area contributed by atoms with Crippen molar-refractivity contribution in [2.75, 3.05) is 12.3 Å². The number of benzene rings is 1. The average Bonchev–Trinajstić information content (AvgIpc) is 2.86. The third kappa shape index (κ3) is 6.13. The second-order valence-electron chi connectivity index (χ2n) is 5.68. The van der Waals surface area contributed by atoms with E-state index in [1.165, 1.54) is 12.1 Å². The maximum Gasteiger partial charge on any atom is 0.573 e. The van der Waals surface area contributed by atoms with Gasteiger partial charge in [-0.15, -0.1) is 13.2 Å². The van der Waals surface area contributed by atoms with E-state index in [0.29, 0.717) is 12.8 Å². The van der Waals surface area contributed by atoms with Crippen LogP contribution in [0.4, 0.5) is 13.2 Å². The molecule has 0 spiro atoms. The number of nitrogens with zero attached hydrogens (tertiary/aromatic N) is 1. The second kappa shape index (κ2) is 7.09. The van der Waals surface area contributed by atoms with Crippen molar-refractivity contribution in [3.63, 3.8) is 0 Å². The van der Waals surface area contributed by atoms with Crippen LogP contribution in [0.2, 0.25) is 0 Å². The summed E-state index contributed by atoms with van der Waals surface area (Å²) in [5.41, 5.74) is 0.260. The van der Waals surface area contributed by atoms with Gasteiger partial charge in [-0.1, -0.05) is 12.1 Å². The van der Waals surface area contributed by atoms with E-state index in [2.05, 4.69) is 4.74 Å². The molecule has 1 heterocycles. The number of halogens is 3. The fourth-order valence-electron chi connectivity index (χ4n) is 2.69. The lowest BCUT2D eigenvalue weighted by molar-refractivity contribution is -0.274. The van der Waals surface area contributed by atoms with E-state index >= 15 is 0 Å². The number of rotatable bonds is 6. The highest BCUT2D eigenvalue weighted by atomic mass is 32.2. The second-order valence-corrected chi connectivity index (χ2v) is 9.26. The topological polar surface area (TPSA) is 107 Å². The standard InChI is InChI=1S/C13H17F3N2O5S2/c14-13(15,16)23-12-5-3-10(4-6-12)8-25(21,22)18-7-1-2-11(18)9-24(17,19)20/h3-6,11H,1-2,7-9H2,(H2,17,19,20)/t11-/m1/s1. The Labute approximate surface area is 143 Å². The molecular formula is C13H17F3N2O5S2. The summed E-state index contributed by atoms with van der Waals surface area (Å²) in [5, 5.41) is 4.99. The first kappa shape index (κ1) is 19.9. The third-order valence-corrected chi connectivity index (χ3v) is 6.35. The number of hydrogen-bond acceptors (Lipinski definition) is 5. The molecule has 1 saturated heterocycles. The summed E-state index contributed by atoms with van der Waals surface area (Å²) in [7, 11) is -7.66. The summed E-state index contributed by atoms with van der Waals surface area (Å²) in [6.45, 7) is 0.178. The normalized spacial score (nSPS) is 19.9. The molecular weight excluding hydrogens is 385 g/mol. The van der Waals surface area contributed by atoms with Crippen LogP contribution in [0.5, 0.6) is 5.75 Å². The van der Waals surface area contributed by atoms with Crippen molar-refractivity contribution in [2.24, 2.45) is 5.14 Å². The van der Waals surface area contributed by atoms with Crippen LogP contribution in [0.25, 0.3) is 0 Å². The first-order valence-corrected chi connectivity index (χ1v) is 10.5. The Morgan fingerprint density at radius 3 is 2.28 bits per heavy atom. The minimum atomic E-state index is -4.83. The Morgan fingerprint density at radius 2 is 1.76 bits per heavy atom. The van der Waals surface area contributed by atoms with Gasteiger partial charge in [-0.25, -0.2) is 22.0 Å². The summed E-state index contributed by atoms with van der Waals surface area (Å²) in [6, 6.07) is 3.73. The number of ether oxygens (including phenoxy) is 1. The van der Waals surface area contributed by atoms with Crippen LogP contribution in [-0.4, -0.2) is 45.8 Å². The molecule has 12 heteroatoms. The Morgan fingerprint density at radius 1 is 1.16 bits per heavy atom. The maximum atomic E-state index is 12.5. The first-order chi connectivity index (χ1) is 11.4. The molecule has 2 N–H and O–H groups in total. The molecule has 1 aliphatic rings. The molecule has 0 radical (unpaired) electrons. The van der Waals surface area contributed by atoms with Crippen LogP contribution in [0.1, 0.15) is 18.4 Å². The maximum absolute atomic E-state index is 12.5. The molecule has 1 atom stereocenters. The monoisotopic (exact) mass is 402 g/mol. The summed E-state index contributed by atoms with van der Waals surface area (Å²) >= 11 is 0. The van der Waals surface area contributed by atoms with Crippen LogP contribution in [0, 0.1) is 0 Å². The van der Waals surface area contributed by atoms with Crippen molar-refractivity contribution < 1.29 is 34.7 Å². The van der Waals surface area contributed by atoms with Crippen molar-refractivity contribution in [3.05, 3.63) is 29.8 Å². The lowest BCUT2D eigenvalue weighted by Gasteiger charge is -2.23. The fraction of sp³-hybridized carbons (Fsp3) is 0.538. The summed E-state index contributed by atoms with van der Waals surface area (Å²) < 4.78 is 88.6. The van der Waals surface area contributed by atoms with Crippen molar-refractivity contribution in [1.29, 1.82) is 0 Å². The molecule has 1 aliphatic heterocycles. The van der Waals surface area contributed by atoms with Gasteiger partial charge in [0.05, 0.1) is 11.5 Å². The van der Waals surface area contributed by atoms with Gasteiger partial charge in [-0.3, -0.25) is 0 Å². The van der Waals surface area contributed by atoms with Crippen molar-refractivity contribution >= 4 is 20.0 Å². The third-order valence-electron chi connectivity index (χ3n) is 3.61. The van der Waals surface area contributed by atoms with Gasteiger partial charge in [0.15, 0.2) is 0 Å². The van der Waals surface area contributed by atoms with Gasteiger partial charge < -0.3 is 4.74 Å². The highest BCUT2D eigenvalue weighted by molar-refractivity contribution is 7.89.